The molecule has 0 aliphatic rings. The lowest BCUT2D eigenvalue weighted by Crippen LogP contribution is -2.27. The number of aliphatic hydroxyl groups excluding tert-OH is 1. The molecule has 174 valence electrons. The molecule has 1 atom stereocenters. The lowest BCUT2D eigenvalue weighted by Gasteiger charge is -2.14. The molecule has 5 nitrogen and oxygen atoms in total. The first-order valence-electron chi connectivity index (χ1n) is 12.1. The highest BCUT2D eigenvalue weighted by molar-refractivity contribution is 5.70. The van der Waals surface area contributed by atoms with E-state index in [0.29, 0.717) is 13.2 Å². The quantitative estimate of drug-likeness (QED) is 0.168. The molecule has 0 saturated heterocycles. The van der Waals surface area contributed by atoms with Gasteiger partial charge in [-0.25, -0.2) is 4.79 Å². The van der Waals surface area contributed by atoms with Gasteiger partial charge >= 0.3 is 5.97 Å². The molecule has 0 aliphatic heterocycles. The molecule has 0 saturated carbocycles. The molecule has 0 rings (SSSR count). The molecule has 0 fully saturated rings. The molecule has 1 unspecified atom stereocenters. The van der Waals surface area contributed by atoms with Crippen molar-refractivity contribution in [1.82, 2.24) is 0 Å². The fourth-order valence-corrected chi connectivity index (χ4v) is 3.37. The van der Waals surface area contributed by atoms with E-state index in [1.54, 1.807) is 0 Å². The van der Waals surface area contributed by atoms with E-state index in [1.165, 1.54) is 103 Å². The van der Waals surface area contributed by atoms with Crippen molar-refractivity contribution in [3.05, 3.63) is 0 Å². The first kappa shape index (κ1) is 28.4. The van der Waals surface area contributed by atoms with Crippen LogP contribution in [0.1, 0.15) is 110 Å². The number of aliphatic hydroxyl groups is 1. The molecular formula is C24H48O5. The molecule has 0 bridgehead atoms. The number of carbonyl (C=O) groups excluding carboxylic acids is 1. The highest BCUT2D eigenvalue weighted by Gasteiger charge is 2.10. The van der Waals surface area contributed by atoms with Crippen LogP contribution in [0.2, 0.25) is 0 Å². The first-order chi connectivity index (χ1) is 14.2. The van der Waals surface area contributed by atoms with Gasteiger partial charge in [-0.2, -0.15) is 0 Å². The first-order valence-corrected chi connectivity index (χ1v) is 12.1. The molecule has 0 spiro atoms. The van der Waals surface area contributed by atoms with Gasteiger partial charge < -0.3 is 19.3 Å². The Morgan fingerprint density at radius 2 is 1.21 bits per heavy atom. The van der Waals surface area contributed by atoms with E-state index in [4.69, 9.17) is 9.47 Å². The van der Waals surface area contributed by atoms with Gasteiger partial charge in [-0.05, 0) is 6.42 Å². The van der Waals surface area contributed by atoms with Gasteiger partial charge in [0.2, 0.25) is 0 Å². The smallest absolute Gasteiger partial charge is 0.331 e. The highest BCUT2D eigenvalue weighted by atomic mass is 16.6. The fourth-order valence-electron chi connectivity index (χ4n) is 3.37. The van der Waals surface area contributed by atoms with Crippen LogP contribution in [0.25, 0.3) is 0 Å². The third-order valence-corrected chi connectivity index (χ3v) is 5.31. The monoisotopic (exact) mass is 416 g/mol. The van der Waals surface area contributed by atoms with Crippen LogP contribution in [-0.4, -0.2) is 50.7 Å². The predicted molar refractivity (Wildman–Crippen MR) is 119 cm³/mol. The molecule has 0 radical (unpaired) electrons. The van der Waals surface area contributed by atoms with Crippen molar-refractivity contribution in [3.63, 3.8) is 0 Å². The van der Waals surface area contributed by atoms with E-state index in [9.17, 15) is 9.90 Å². The van der Waals surface area contributed by atoms with Gasteiger partial charge in [0.1, 0.15) is 12.7 Å². The summed E-state index contributed by atoms with van der Waals surface area (Å²) in [6.45, 7) is 2.96. The Morgan fingerprint density at radius 1 is 0.759 bits per heavy atom. The van der Waals surface area contributed by atoms with Gasteiger partial charge in [0, 0.05) is 6.61 Å². The van der Waals surface area contributed by atoms with Gasteiger partial charge in [-0.3, -0.25) is 0 Å². The fraction of sp³-hybridized carbons (Fsp3) is 0.958. The minimum Gasteiger partial charge on any atom is -0.467 e. The largest absolute Gasteiger partial charge is 0.467 e. The second-order valence-electron chi connectivity index (χ2n) is 8.07. The van der Waals surface area contributed by atoms with Crippen molar-refractivity contribution in [3.8, 4) is 0 Å². The summed E-state index contributed by atoms with van der Waals surface area (Å²) in [5.41, 5.74) is 0. The van der Waals surface area contributed by atoms with Crippen molar-refractivity contribution in [2.24, 2.45) is 0 Å². The Kier molecular flexibility index (Phi) is 23.1. The van der Waals surface area contributed by atoms with Crippen LogP contribution in [0.4, 0.5) is 0 Å². The number of esters is 1. The van der Waals surface area contributed by atoms with Crippen LogP contribution < -0.4 is 0 Å². The third kappa shape index (κ3) is 21.9. The summed E-state index contributed by atoms with van der Waals surface area (Å²) in [6, 6.07) is 0. The summed E-state index contributed by atoms with van der Waals surface area (Å²) in [5, 5.41) is 9.20. The summed E-state index contributed by atoms with van der Waals surface area (Å²) >= 11 is 0. The zero-order chi connectivity index (χ0) is 21.4. The molecule has 5 heteroatoms. The van der Waals surface area contributed by atoms with Gasteiger partial charge in [0.15, 0.2) is 0 Å². The highest BCUT2D eigenvalue weighted by Crippen LogP contribution is 2.13. The van der Waals surface area contributed by atoms with Crippen LogP contribution in [0.3, 0.4) is 0 Å². The number of ether oxygens (including phenoxy) is 3. The SMILES string of the molecule is CCCCCCCCCCCCCCCCCCOCC(CO)OCC(=O)OC. The Bertz CT molecular complexity index is 335. The van der Waals surface area contributed by atoms with Crippen LogP contribution in [0.15, 0.2) is 0 Å². The van der Waals surface area contributed by atoms with E-state index in [0.717, 1.165) is 6.42 Å². The Balaban J connectivity index is 3.20. The maximum atomic E-state index is 11.0. The van der Waals surface area contributed by atoms with Gasteiger partial charge in [0.25, 0.3) is 0 Å². The average Bonchev–Trinajstić information content (AvgIpc) is 2.74. The zero-order valence-corrected chi connectivity index (χ0v) is 19.3. The summed E-state index contributed by atoms with van der Waals surface area (Å²) < 4.78 is 15.3. The summed E-state index contributed by atoms with van der Waals surface area (Å²) in [5.74, 6) is -0.443. The minimum absolute atomic E-state index is 0.149. The van der Waals surface area contributed by atoms with Crippen LogP contribution >= 0.6 is 0 Å². The van der Waals surface area contributed by atoms with Crippen molar-refractivity contribution >= 4 is 5.97 Å². The third-order valence-electron chi connectivity index (χ3n) is 5.31. The topological polar surface area (TPSA) is 65.0 Å². The molecule has 0 aromatic rings. The lowest BCUT2D eigenvalue weighted by atomic mass is 10.0. The molecule has 0 aromatic heterocycles. The zero-order valence-electron chi connectivity index (χ0n) is 19.3. The maximum Gasteiger partial charge on any atom is 0.331 e. The summed E-state index contributed by atoms with van der Waals surface area (Å²) in [4.78, 5) is 11.0. The number of hydrogen-bond donors (Lipinski definition) is 1. The Morgan fingerprint density at radius 3 is 1.62 bits per heavy atom. The van der Waals surface area contributed by atoms with Crippen LogP contribution in [-0.2, 0) is 19.0 Å². The van der Waals surface area contributed by atoms with Crippen LogP contribution in [0.5, 0.6) is 0 Å². The van der Waals surface area contributed by atoms with Crippen molar-refractivity contribution in [2.45, 2.75) is 116 Å². The van der Waals surface area contributed by atoms with E-state index < -0.39 is 12.1 Å². The number of unbranched alkanes of at least 4 members (excludes halogenated alkanes) is 15. The maximum absolute atomic E-state index is 11.0. The number of hydrogen-bond acceptors (Lipinski definition) is 5. The lowest BCUT2D eigenvalue weighted by molar-refractivity contribution is -0.150. The standard InChI is InChI=1S/C24H48O5/c1-3-4-5-6-7-8-9-10-11-12-13-14-15-16-17-18-19-28-21-23(20-25)29-22-24(26)27-2/h23,25H,3-22H2,1-2H3. The Hall–Kier alpha value is -0.650. The van der Waals surface area contributed by atoms with E-state index in [-0.39, 0.29) is 13.2 Å². The normalized spacial score (nSPS) is 12.2. The van der Waals surface area contributed by atoms with Gasteiger partial charge in [-0.15, -0.1) is 0 Å². The van der Waals surface area contributed by atoms with Crippen molar-refractivity contribution in [1.29, 1.82) is 0 Å². The van der Waals surface area contributed by atoms with Crippen molar-refractivity contribution in [2.75, 3.05) is 33.5 Å². The second-order valence-corrected chi connectivity index (χ2v) is 8.07. The Labute approximate surface area is 179 Å². The average molecular weight is 417 g/mol. The van der Waals surface area contributed by atoms with Crippen LogP contribution in [0, 0.1) is 0 Å². The van der Waals surface area contributed by atoms with Gasteiger partial charge in [-0.1, -0.05) is 103 Å². The second kappa shape index (κ2) is 23.6. The van der Waals surface area contributed by atoms with E-state index in [1.807, 2.05) is 0 Å². The predicted octanol–water partition coefficient (Wildman–Crippen LogP) is 5.82. The molecule has 0 aromatic carbocycles. The van der Waals surface area contributed by atoms with E-state index >= 15 is 0 Å². The molecule has 0 amide bonds. The molecule has 0 heterocycles. The summed E-state index contributed by atoms with van der Waals surface area (Å²) in [7, 11) is 1.31. The van der Waals surface area contributed by atoms with Crippen molar-refractivity contribution < 1.29 is 24.1 Å². The number of methoxy groups -OCH3 is 1. The molecule has 0 aliphatic carbocycles. The summed E-state index contributed by atoms with van der Waals surface area (Å²) in [6.07, 6.45) is 21.2. The number of carbonyl (C=O) groups is 1. The molecule has 29 heavy (non-hydrogen) atoms. The molecular weight excluding hydrogens is 368 g/mol. The van der Waals surface area contributed by atoms with Gasteiger partial charge in [0.05, 0.1) is 20.3 Å². The van der Waals surface area contributed by atoms with E-state index in [2.05, 4.69) is 11.7 Å². The molecule has 1 N–H and O–H groups in total. The minimum atomic E-state index is -0.463. The number of rotatable bonds is 23.